The summed E-state index contributed by atoms with van der Waals surface area (Å²) >= 11 is 0. The van der Waals surface area contributed by atoms with Gasteiger partial charge in [0.05, 0.1) is 0 Å². The van der Waals surface area contributed by atoms with Gasteiger partial charge < -0.3 is 5.73 Å². The Morgan fingerprint density at radius 2 is 1.79 bits per heavy atom. The van der Waals surface area contributed by atoms with Gasteiger partial charge in [-0.05, 0) is 74.9 Å². The van der Waals surface area contributed by atoms with Crippen molar-refractivity contribution in [2.45, 2.75) is 51.2 Å². The van der Waals surface area contributed by atoms with E-state index >= 15 is 0 Å². The number of hydrogen-bond donors (Lipinski definition) is 1. The van der Waals surface area contributed by atoms with Gasteiger partial charge in [0.25, 0.3) is 5.91 Å². The Labute approximate surface area is 169 Å². The van der Waals surface area contributed by atoms with Gasteiger partial charge in [-0.1, -0.05) is 23.8 Å². The quantitative estimate of drug-likeness (QED) is 0.862. The Hall–Kier alpha value is -3.02. The molecule has 1 fully saturated rings. The Balaban J connectivity index is 1.83. The number of nitrogens with two attached hydrogens (primary N) is 1. The molecule has 5 nitrogen and oxygen atoms in total. The zero-order valence-electron chi connectivity index (χ0n) is 16.6. The third kappa shape index (κ3) is 3.22. The summed E-state index contributed by atoms with van der Waals surface area (Å²) in [6, 6.07) is 10.6. The molecule has 4 rings (SSSR count). The van der Waals surface area contributed by atoms with E-state index in [1.165, 1.54) is 12.1 Å². The Bertz CT molecular complexity index is 1010. The van der Waals surface area contributed by atoms with E-state index in [9.17, 15) is 14.0 Å². The van der Waals surface area contributed by atoms with Crippen LogP contribution in [0.25, 0.3) is 0 Å². The predicted octanol–water partition coefficient (Wildman–Crippen LogP) is 3.57. The summed E-state index contributed by atoms with van der Waals surface area (Å²) < 4.78 is 13.4. The molecule has 0 bridgehead atoms. The van der Waals surface area contributed by atoms with E-state index in [0.717, 1.165) is 29.5 Å². The lowest BCUT2D eigenvalue weighted by molar-refractivity contribution is -0.139. The van der Waals surface area contributed by atoms with Crippen molar-refractivity contribution in [1.29, 1.82) is 0 Å². The van der Waals surface area contributed by atoms with E-state index in [4.69, 9.17) is 10.7 Å². The predicted molar refractivity (Wildman–Crippen MR) is 109 cm³/mol. The number of primary amides is 1. The Morgan fingerprint density at radius 3 is 2.38 bits per heavy atom. The van der Waals surface area contributed by atoms with E-state index in [0.29, 0.717) is 18.4 Å². The van der Waals surface area contributed by atoms with Crippen molar-refractivity contribution in [3.63, 3.8) is 0 Å². The topological polar surface area (TPSA) is 75.8 Å². The van der Waals surface area contributed by atoms with Crippen LogP contribution in [0.2, 0.25) is 0 Å². The van der Waals surface area contributed by atoms with Crippen LogP contribution in [0.1, 0.15) is 54.0 Å². The van der Waals surface area contributed by atoms with Gasteiger partial charge in [-0.3, -0.25) is 19.5 Å². The summed E-state index contributed by atoms with van der Waals surface area (Å²) in [5, 5.41) is 0. The smallest absolute Gasteiger partial charge is 0.275 e. The Morgan fingerprint density at radius 1 is 1.14 bits per heavy atom. The third-order valence-corrected chi connectivity index (χ3v) is 5.96. The highest BCUT2D eigenvalue weighted by molar-refractivity contribution is 6.47. The molecule has 2 amide bonds. The van der Waals surface area contributed by atoms with Crippen molar-refractivity contribution in [2.24, 2.45) is 10.7 Å². The molecule has 1 aliphatic heterocycles. The van der Waals surface area contributed by atoms with Gasteiger partial charge in [0.15, 0.2) is 0 Å². The second-order valence-corrected chi connectivity index (χ2v) is 8.00. The monoisotopic (exact) mass is 393 g/mol. The number of benzene rings is 2. The van der Waals surface area contributed by atoms with Gasteiger partial charge in [0.2, 0.25) is 5.91 Å². The van der Waals surface area contributed by atoms with Crippen molar-refractivity contribution < 1.29 is 14.0 Å². The molecule has 1 atom stereocenters. The fourth-order valence-electron chi connectivity index (χ4n) is 4.61. The van der Waals surface area contributed by atoms with E-state index in [1.807, 2.05) is 32.0 Å². The summed E-state index contributed by atoms with van der Waals surface area (Å²) in [5.41, 5.74) is 8.57. The molecule has 2 N–H and O–H groups in total. The molecule has 6 heteroatoms. The second-order valence-electron chi connectivity index (χ2n) is 8.00. The second kappa shape index (κ2) is 7.10. The molecule has 0 radical (unpaired) electrons. The van der Waals surface area contributed by atoms with Gasteiger partial charge in [-0.25, -0.2) is 4.39 Å². The normalized spacial score (nSPS) is 18.9. The SMILES string of the molecule is Cc1ccc(C(C(N)=O)N2C(=O)C(c3ccc(F)cc3)=NC23CCCC3)c(C)c1. The van der Waals surface area contributed by atoms with Crippen LogP contribution >= 0.6 is 0 Å². The first-order valence-corrected chi connectivity index (χ1v) is 9.88. The van der Waals surface area contributed by atoms with Gasteiger partial charge in [0, 0.05) is 5.56 Å². The minimum absolute atomic E-state index is 0.267. The van der Waals surface area contributed by atoms with Gasteiger partial charge in [-0.2, -0.15) is 0 Å². The average molecular weight is 393 g/mol. The van der Waals surface area contributed by atoms with Crippen LogP contribution in [-0.4, -0.2) is 28.1 Å². The largest absolute Gasteiger partial charge is 0.368 e. The molecule has 0 saturated heterocycles. The average Bonchev–Trinajstić information content (AvgIpc) is 3.24. The number of aryl methyl sites for hydroxylation is 2. The number of rotatable bonds is 4. The fraction of sp³-hybridized carbons (Fsp3) is 0.348. The highest BCUT2D eigenvalue weighted by Gasteiger charge is 2.53. The zero-order valence-corrected chi connectivity index (χ0v) is 16.6. The van der Waals surface area contributed by atoms with Crippen LogP contribution in [0.3, 0.4) is 0 Å². The molecule has 1 heterocycles. The molecule has 0 aromatic heterocycles. The van der Waals surface area contributed by atoms with Gasteiger partial charge >= 0.3 is 0 Å². The van der Waals surface area contributed by atoms with Gasteiger partial charge in [-0.15, -0.1) is 0 Å². The maximum absolute atomic E-state index is 13.5. The molecular weight excluding hydrogens is 369 g/mol. The number of carbonyl (C=O) groups excluding carboxylic acids is 2. The van der Waals surface area contributed by atoms with Gasteiger partial charge in [0.1, 0.15) is 23.2 Å². The van der Waals surface area contributed by atoms with Crippen LogP contribution in [0, 0.1) is 19.7 Å². The summed E-state index contributed by atoms with van der Waals surface area (Å²) in [6.45, 7) is 3.90. The lowest BCUT2D eigenvalue weighted by Crippen LogP contribution is -2.51. The van der Waals surface area contributed by atoms with E-state index < -0.39 is 17.6 Å². The van der Waals surface area contributed by atoms with E-state index in [-0.39, 0.29) is 17.4 Å². The summed E-state index contributed by atoms with van der Waals surface area (Å²) in [5.74, 6) is -1.29. The van der Waals surface area contributed by atoms with Crippen molar-refractivity contribution in [3.05, 3.63) is 70.5 Å². The minimum atomic E-state index is -0.900. The van der Waals surface area contributed by atoms with Crippen molar-refractivity contribution in [3.8, 4) is 0 Å². The van der Waals surface area contributed by atoms with Crippen LogP contribution in [0.5, 0.6) is 0 Å². The first kappa shape index (κ1) is 19.3. The molecule has 29 heavy (non-hydrogen) atoms. The van der Waals surface area contributed by atoms with Crippen molar-refractivity contribution >= 4 is 17.5 Å². The molecule has 1 aliphatic carbocycles. The molecule has 2 aromatic rings. The number of halogens is 1. The van der Waals surface area contributed by atoms with E-state index in [1.54, 1.807) is 17.0 Å². The number of aliphatic imine (C=N–C) groups is 1. The highest BCUT2D eigenvalue weighted by atomic mass is 19.1. The van der Waals surface area contributed by atoms with Crippen molar-refractivity contribution in [1.82, 2.24) is 4.90 Å². The number of nitrogens with zero attached hydrogens (tertiary/aromatic N) is 2. The third-order valence-electron chi connectivity index (χ3n) is 5.96. The zero-order chi connectivity index (χ0) is 20.8. The summed E-state index contributed by atoms with van der Waals surface area (Å²) in [6.07, 6.45) is 3.20. The summed E-state index contributed by atoms with van der Waals surface area (Å²) in [4.78, 5) is 32.6. The molecule has 2 aliphatic rings. The van der Waals surface area contributed by atoms with Crippen molar-refractivity contribution in [2.75, 3.05) is 0 Å². The van der Waals surface area contributed by atoms with Crippen LogP contribution in [-0.2, 0) is 9.59 Å². The molecule has 1 saturated carbocycles. The lowest BCUT2D eigenvalue weighted by Gasteiger charge is -2.38. The molecule has 2 aromatic carbocycles. The standard InChI is InChI=1S/C23H24FN3O2/c1-14-5-10-18(15(2)13-14)20(21(25)28)27-22(29)19(16-6-8-17(24)9-7-16)26-23(27)11-3-4-12-23/h5-10,13,20H,3-4,11-12H2,1-2H3,(H2,25,28). The molecule has 1 spiro atoms. The molecule has 1 unspecified atom stereocenters. The maximum Gasteiger partial charge on any atom is 0.275 e. The highest BCUT2D eigenvalue weighted by Crippen LogP contribution is 2.45. The molecule has 150 valence electrons. The molecular formula is C23H24FN3O2. The first-order chi connectivity index (χ1) is 13.8. The number of hydrogen-bond acceptors (Lipinski definition) is 3. The van der Waals surface area contributed by atoms with Crippen LogP contribution in [0.4, 0.5) is 4.39 Å². The maximum atomic E-state index is 13.5. The summed E-state index contributed by atoms with van der Waals surface area (Å²) in [7, 11) is 0. The first-order valence-electron chi connectivity index (χ1n) is 9.88. The number of amides is 2. The van der Waals surface area contributed by atoms with Crippen LogP contribution < -0.4 is 5.73 Å². The van der Waals surface area contributed by atoms with Crippen LogP contribution in [0.15, 0.2) is 47.5 Å². The fourth-order valence-corrected chi connectivity index (χ4v) is 4.61. The Kier molecular flexibility index (Phi) is 4.73. The minimum Gasteiger partial charge on any atom is -0.368 e. The van der Waals surface area contributed by atoms with E-state index in [2.05, 4.69) is 0 Å². The lowest BCUT2D eigenvalue weighted by atomic mass is 9.94. The number of carbonyl (C=O) groups is 2.